The van der Waals surface area contributed by atoms with E-state index in [1.807, 2.05) is 0 Å². The predicted molar refractivity (Wildman–Crippen MR) is 107 cm³/mol. The Morgan fingerprint density at radius 1 is 1.00 bits per heavy atom. The summed E-state index contributed by atoms with van der Waals surface area (Å²) in [7, 11) is 1.54. The van der Waals surface area contributed by atoms with E-state index in [9.17, 15) is 9.59 Å². The minimum Gasteiger partial charge on any atom is -0.496 e. The van der Waals surface area contributed by atoms with E-state index in [-0.39, 0.29) is 0 Å². The van der Waals surface area contributed by atoms with Gasteiger partial charge in [0.15, 0.2) is 0 Å². The maximum atomic E-state index is 12.4. The zero-order valence-electron chi connectivity index (χ0n) is 15.4. The fraction of sp³-hybridized carbons (Fsp3) is 0.300. The Bertz CT molecular complexity index is 795. The van der Waals surface area contributed by atoms with Crippen molar-refractivity contribution < 1.29 is 19.1 Å². The quantitative estimate of drug-likeness (QED) is 0.484. The normalized spacial score (nSPS) is 10.2. The number of amides is 2. The molecule has 2 aromatic rings. The molecule has 2 aromatic carbocycles. The van der Waals surface area contributed by atoms with E-state index in [2.05, 4.69) is 33.7 Å². The minimum absolute atomic E-state index is 0.366. The van der Waals surface area contributed by atoms with E-state index in [1.54, 1.807) is 49.6 Å². The lowest BCUT2D eigenvalue weighted by Crippen LogP contribution is -2.41. The number of nitrogens with one attached hydrogen (secondary N) is 2. The van der Waals surface area contributed by atoms with Crippen LogP contribution in [0.5, 0.6) is 11.5 Å². The number of benzene rings is 2. The number of hydrazine groups is 1. The van der Waals surface area contributed by atoms with Crippen LogP contribution < -0.4 is 20.3 Å². The topological polar surface area (TPSA) is 76.7 Å². The first-order valence-corrected chi connectivity index (χ1v) is 9.52. The Hall–Kier alpha value is -2.54. The van der Waals surface area contributed by atoms with E-state index in [4.69, 9.17) is 9.47 Å². The van der Waals surface area contributed by atoms with E-state index < -0.39 is 11.8 Å². The molecule has 6 nitrogen and oxygen atoms in total. The van der Waals surface area contributed by atoms with E-state index in [1.165, 1.54) is 0 Å². The molecule has 0 bridgehead atoms. The van der Waals surface area contributed by atoms with E-state index in [0.717, 1.165) is 19.3 Å². The molecule has 27 heavy (non-hydrogen) atoms. The van der Waals surface area contributed by atoms with Crippen LogP contribution in [0.15, 0.2) is 46.9 Å². The van der Waals surface area contributed by atoms with Crippen molar-refractivity contribution in [3.05, 3.63) is 58.1 Å². The van der Waals surface area contributed by atoms with Gasteiger partial charge in [-0.15, -0.1) is 0 Å². The van der Waals surface area contributed by atoms with Crippen molar-refractivity contribution in [1.29, 1.82) is 0 Å². The van der Waals surface area contributed by atoms with Crippen LogP contribution >= 0.6 is 15.9 Å². The van der Waals surface area contributed by atoms with Crippen LogP contribution in [-0.2, 0) is 0 Å². The van der Waals surface area contributed by atoms with Crippen LogP contribution in [0.1, 0.15) is 46.9 Å². The summed E-state index contributed by atoms with van der Waals surface area (Å²) in [6.07, 6.45) is 3.09. The van der Waals surface area contributed by atoms with Crippen molar-refractivity contribution in [3.63, 3.8) is 0 Å². The molecule has 0 aliphatic rings. The highest BCUT2D eigenvalue weighted by atomic mass is 79.9. The summed E-state index contributed by atoms with van der Waals surface area (Å²) in [5.41, 5.74) is 5.58. The SMILES string of the molecule is CCCCCOc1ccccc1C(=O)NNC(=O)c1ccc(OC)c(Br)c1. The molecule has 0 aromatic heterocycles. The fourth-order valence-electron chi connectivity index (χ4n) is 2.37. The van der Waals surface area contributed by atoms with Gasteiger partial charge in [0, 0.05) is 5.56 Å². The Morgan fingerprint density at radius 3 is 2.44 bits per heavy atom. The van der Waals surface area contributed by atoms with Crippen LogP contribution in [0.4, 0.5) is 0 Å². The zero-order chi connectivity index (χ0) is 19.6. The van der Waals surface area contributed by atoms with E-state index in [0.29, 0.717) is 33.7 Å². The standard InChI is InChI=1S/C20H23BrN2O4/c1-3-4-7-12-27-17-9-6-5-8-15(17)20(25)23-22-19(24)14-10-11-18(26-2)16(21)13-14/h5-6,8-11,13H,3-4,7,12H2,1-2H3,(H,22,24)(H,23,25). The average Bonchev–Trinajstić information content (AvgIpc) is 2.69. The maximum absolute atomic E-state index is 12.4. The van der Waals surface area contributed by atoms with Crippen molar-refractivity contribution in [2.24, 2.45) is 0 Å². The van der Waals surface area contributed by atoms with Crippen molar-refractivity contribution in [3.8, 4) is 11.5 Å². The number of unbranched alkanes of at least 4 members (excludes halogenated alkanes) is 2. The Labute approximate surface area is 167 Å². The Balaban J connectivity index is 1.97. The summed E-state index contributed by atoms with van der Waals surface area (Å²) in [5.74, 6) is 0.229. The number of methoxy groups -OCH3 is 1. The number of hydrogen-bond acceptors (Lipinski definition) is 4. The Kier molecular flexibility index (Phi) is 8.13. The van der Waals surface area contributed by atoms with Gasteiger partial charge in [0.05, 0.1) is 23.8 Å². The fourth-order valence-corrected chi connectivity index (χ4v) is 2.92. The predicted octanol–water partition coefficient (Wildman–Crippen LogP) is 4.10. The molecule has 0 heterocycles. The molecule has 0 unspecified atom stereocenters. The van der Waals surface area contributed by atoms with Crippen molar-refractivity contribution in [2.75, 3.05) is 13.7 Å². The van der Waals surface area contributed by atoms with Crippen molar-refractivity contribution >= 4 is 27.7 Å². The maximum Gasteiger partial charge on any atom is 0.273 e. The van der Waals surface area contributed by atoms with Gasteiger partial charge in [-0.1, -0.05) is 31.9 Å². The van der Waals surface area contributed by atoms with Crippen LogP contribution in [0.25, 0.3) is 0 Å². The highest BCUT2D eigenvalue weighted by Gasteiger charge is 2.14. The van der Waals surface area contributed by atoms with Crippen molar-refractivity contribution in [2.45, 2.75) is 26.2 Å². The summed E-state index contributed by atoms with van der Waals surface area (Å²) in [6.45, 7) is 2.66. The molecule has 2 N–H and O–H groups in total. The largest absolute Gasteiger partial charge is 0.496 e. The highest BCUT2D eigenvalue weighted by Crippen LogP contribution is 2.25. The first-order valence-electron chi connectivity index (χ1n) is 8.72. The number of hydrogen-bond donors (Lipinski definition) is 2. The van der Waals surface area contributed by atoms with Gasteiger partial charge in [0.1, 0.15) is 11.5 Å². The summed E-state index contributed by atoms with van der Waals surface area (Å²) in [5, 5.41) is 0. The summed E-state index contributed by atoms with van der Waals surface area (Å²) >= 11 is 3.33. The van der Waals surface area contributed by atoms with Gasteiger partial charge in [-0.25, -0.2) is 0 Å². The first-order chi connectivity index (χ1) is 13.1. The second kappa shape index (κ2) is 10.6. The lowest BCUT2D eigenvalue weighted by atomic mass is 10.2. The van der Waals surface area contributed by atoms with Crippen LogP contribution in [0.2, 0.25) is 0 Å². The summed E-state index contributed by atoms with van der Waals surface area (Å²) in [6, 6.07) is 11.8. The third-order valence-corrected chi connectivity index (χ3v) is 4.46. The third-order valence-electron chi connectivity index (χ3n) is 3.84. The molecule has 0 radical (unpaired) electrons. The molecule has 0 fully saturated rings. The van der Waals surface area contributed by atoms with Gasteiger partial charge in [-0.2, -0.15) is 0 Å². The molecule has 2 amide bonds. The molecule has 7 heteroatoms. The number of ether oxygens (including phenoxy) is 2. The van der Waals surface area contributed by atoms with Gasteiger partial charge >= 0.3 is 0 Å². The highest BCUT2D eigenvalue weighted by molar-refractivity contribution is 9.10. The first kappa shape index (κ1) is 20.8. The molecule has 0 spiro atoms. The molecule has 0 atom stereocenters. The number of carbonyl (C=O) groups is 2. The molecular weight excluding hydrogens is 412 g/mol. The van der Waals surface area contributed by atoms with E-state index >= 15 is 0 Å². The number of halogens is 1. The van der Waals surface area contributed by atoms with Gasteiger partial charge in [0.2, 0.25) is 0 Å². The average molecular weight is 435 g/mol. The molecule has 0 aliphatic carbocycles. The lowest BCUT2D eigenvalue weighted by Gasteiger charge is -2.12. The lowest BCUT2D eigenvalue weighted by molar-refractivity contribution is 0.0844. The van der Waals surface area contributed by atoms with Crippen LogP contribution in [-0.4, -0.2) is 25.5 Å². The van der Waals surface area contributed by atoms with Crippen LogP contribution in [0.3, 0.4) is 0 Å². The number of para-hydroxylation sites is 1. The molecule has 144 valence electrons. The Morgan fingerprint density at radius 2 is 1.74 bits per heavy atom. The zero-order valence-corrected chi connectivity index (χ0v) is 17.0. The number of carbonyl (C=O) groups excluding carboxylic acids is 2. The summed E-state index contributed by atoms with van der Waals surface area (Å²) < 4.78 is 11.5. The molecule has 2 rings (SSSR count). The second-order valence-electron chi connectivity index (χ2n) is 5.81. The van der Waals surface area contributed by atoms with Gasteiger partial charge in [0.25, 0.3) is 11.8 Å². The van der Waals surface area contributed by atoms with Gasteiger partial charge < -0.3 is 9.47 Å². The monoisotopic (exact) mass is 434 g/mol. The van der Waals surface area contributed by atoms with Crippen LogP contribution in [0, 0.1) is 0 Å². The molecule has 0 saturated carbocycles. The molecule has 0 saturated heterocycles. The van der Waals surface area contributed by atoms with Crippen molar-refractivity contribution in [1.82, 2.24) is 10.9 Å². The van der Waals surface area contributed by atoms with Gasteiger partial charge in [-0.3, -0.25) is 20.4 Å². The van der Waals surface area contributed by atoms with Gasteiger partial charge in [-0.05, 0) is 52.7 Å². The summed E-state index contributed by atoms with van der Waals surface area (Å²) in [4.78, 5) is 24.7. The molecule has 0 aliphatic heterocycles. The number of rotatable bonds is 8. The minimum atomic E-state index is -0.443. The smallest absolute Gasteiger partial charge is 0.273 e. The third kappa shape index (κ3) is 5.99. The molecular formula is C20H23BrN2O4. The second-order valence-corrected chi connectivity index (χ2v) is 6.66.